The molecule has 0 fully saturated rings. The van der Waals surface area contributed by atoms with Crippen LogP contribution >= 0.6 is 0 Å². The number of fused-ring (bicyclic) bond motifs is 3. The number of rotatable bonds is 0. The van der Waals surface area contributed by atoms with E-state index < -0.39 is 0 Å². The average Bonchev–Trinajstić information content (AvgIpc) is 3.02. The van der Waals surface area contributed by atoms with Crippen LogP contribution in [0.1, 0.15) is 13.8 Å². The van der Waals surface area contributed by atoms with Gasteiger partial charge in [0, 0.05) is 0 Å². The molecule has 0 saturated carbocycles. The summed E-state index contributed by atoms with van der Waals surface area (Å²) in [6.45, 7) is 4.20. The van der Waals surface area contributed by atoms with Gasteiger partial charge in [-0.2, -0.15) is 6.08 Å². The van der Waals surface area contributed by atoms with Gasteiger partial charge in [0.2, 0.25) is 0 Å². The molecule has 0 aromatic heterocycles. The van der Waals surface area contributed by atoms with Crippen LogP contribution in [-0.4, -0.2) is 0 Å². The zero-order chi connectivity index (χ0) is 13.9. The van der Waals surface area contributed by atoms with Crippen molar-refractivity contribution >= 4 is 21.5 Å². The number of hydrogen-bond acceptors (Lipinski definition) is 0. The molecule has 102 valence electrons. The first-order valence-corrected chi connectivity index (χ1v) is 7.05. The number of benzene rings is 2. The Hall–Kier alpha value is -1.33. The molecule has 1 unspecified atom stereocenters. The maximum atomic E-state index is 3.22. The van der Waals surface area contributed by atoms with E-state index in [2.05, 4.69) is 86.7 Å². The zero-order valence-corrected chi connectivity index (χ0v) is 14.9. The van der Waals surface area contributed by atoms with E-state index in [1.165, 1.54) is 27.1 Å². The van der Waals surface area contributed by atoms with Crippen LogP contribution in [0.15, 0.2) is 72.3 Å². The summed E-state index contributed by atoms with van der Waals surface area (Å²) in [4.78, 5) is 0. The van der Waals surface area contributed by atoms with Gasteiger partial charge in [-0.05, 0) is 0 Å². The van der Waals surface area contributed by atoms with Gasteiger partial charge in [0.05, 0.1) is 0 Å². The number of allylic oxidation sites excluding steroid dienone is 4. The third-order valence-electron chi connectivity index (χ3n) is 3.61. The quantitative estimate of drug-likeness (QED) is 0.460. The third kappa shape index (κ3) is 3.66. The topological polar surface area (TPSA) is 0 Å². The van der Waals surface area contributed by atoms with Gasteiger partial charge < -0.3 is 0 Å². The van der Waals surface area contributed by atoms with Crippen LogP contribution in [-0.2, 0) is 26.2 Å². The molecule has 0 N–H and O–H groups in total. The van der Waals surface area contributed by atoms with Crippen LogP contribution in [0.25, 0.3) is 21.5 Å². The first-order valence-electron chi connectivity index (χ1n) is 7.05. The summed E-state index contributed by atoms with van der Waals surface area (Å²) in [5.41, 5.74) is 1.27. The standard InChI is InChI=1S/C13H9.C7H9.Zr/c1-3-7-12-10(5-1)9-11-6-2-4-8-13(11)12;1-6-3-4-7(2)5-6;/h1-9H;3-4,6H,1-2H3;/q2*-1;+2. The van der Waals surface area contributed by atoms with E-state index in [1.807, 2.05) is 0 Å². The Morgan fingerprint density at radius 1 is 0.905 bits per heavy atom. The minimum Gasteiger partial charge on any atom is -0.267 e. The van der Waals surface area contributed by atoms with E-state index >= 15 is 0 Å². The van der Waals surface area contributed by atoms with Gasteiger partial charge in [0.1, 0.15) is 0 Å². The Balaban J connectivity index is 0.000000174. The van der Waals surface area contributed by atoms with Gasteiger partial charge in [0.25, 0.3) is 0 Å². The molecule has 0 nitrogen and oxygen atoms in total. The minimum absolute atomic E-state index is 0. The SMILES string of the molecule is CC1=[C-]C(C)C=C1.[Zr+2].c1ccc2c(c1)[cH-]c1ccccc12. The smallest absolute Gasteiger partial charge is 0.267 e. The molecule has 1 aliphatic carbocycles. The van der Waals surface area contributed by atoms with Crippen molar-refractivity contribution in [3.05, 3.63) is 78.4 Å². The van der Waals surface area contributed by atoms with Crippen molar-refractivity contribution in [1.29, 1.82) is 0 Å². The molecule has 4 rings (SSSR count). The first kappa shape index (κ1) is 16.1. The van der Waals surface area contributed by atoms with Crippen molar-refractivity contribution in [2.45, 2.75) is 13.8 Å². The Morgan fingerprint density at radius 3 is 1.81 bits per heavy atom. The summed E-state index contributed by atoms with van der Waals surface area (Å²) in [5, 5.41) is 5.39. The molecule has 3 aromatic rings. The fourth-order valence-corrected chi connectivity index (χ4v) is 2.65. The normalized spacial score (nSPS) is 16.3. The molecule has 0 aliphatic heterocycles. The van der Waals surface area contributed by atoms with Gasteiger partial charge in [-0.1, -0.05) is 56.2 Å². The Morgan fingerprint density at radius 2 is 1.43 bits per heavy atom. The molecule has 1 heteroatoms. The van der Waals surface area contributed by atoms with Gasteiger partial charge in [-0.15, -0.1) is 39.7 Å². The van der Waals surface area contributed by atoms with Gasteiger partial charge in [0.15, 0.2) is 0 Å². The molecule has 0 heterocycles. The third-order valence-corrected chi connectivity index (χ3v) is 3.61. The Bertz CT molecular complexity index is 739. The zero-order valence-electron chi connectivity index (χ0n) is 12.4. The van der Waals surface area contributed by atoms with Crippen molar-refractivity contribution in [1.82, 2.24) is 0 Å². The molecule has 0 spiro atoms. The van der Waals surface area contributed by atoms with Crippen LogP contribution in [0.2, 0.25) is 0 Å². The summed E-state index contributed by atoms with van der Waals surface area (Å²) >= 11 is 0. The van der Waals surface area contributed by atoms with Crippen LogP contribution in [0.3, 0.4) is 0 Å². The van der Waals surface area contributed by atoms with E-state index in [-0.39, 0.29) is 26.2 Å². The fraction of sp³-hybridized carbons (Fsp3) is 0.150. The van der Waals surface area contributed by atoms with Crippen molar-refractivity contribution in [3.63, 3.8) is 0 Å². The monoisotopic (exact) mass is 348 g/mol. The first-order chi connectivity index (χ1) is 9.74. The molecule has 1 atom stereocenters. The average molecular weight is 350 g/mol. The molecular formula is C20H18Zr. The largest absolute Gasteiger partial charge is 2.00 e. The minimum atomic E-state index is 0. The van der Waals surface area contributed by atoms with E-state index in [0.717, 1.165) is 0 Å². The molecule has 0 amide bonds. The molecular weight excluding hydrogens is 331 g/mol. The Kier molecular flexibility index (Phi) is 5.42. The van der Waals surface area contributed by atoms with Gasteiger partial charge in [-0.3, -0.25) is 6.08 Å². The van der Waals surface area contributed by atoms with E-state index in [0.29, 0.717) is 5.92 Å². The van der Waals surface area contributed by atoms with E-state index in [4.69, 9.17) is 0 Å². The van der Waals surface area contributed by atoms with Crippen molar-refractivity contribution in [2.24, 2.45) is 5.92 Å². The maximum Gasteiger partial charge on any atom is 2.00 e. The van der Waals surface area contributed by atoms with E-state index in [9.17, 15) is 0 Å². The molecule has 0 saturated heterocycles. The maximum absolute atomic E-state index is 3.22. The fourth-order valence-electron chi connectivity index (χ4n) is 2.65. The predicted molar refractivity (Wildman–Crippen MR) is 87.8 cm³/mol. The second kappa shape index (κ2) is 7.09. The molecule has 21 heavy (non-hydrogen) atoms. The summed E-state index contributed by atoms with van der Waals surface area (Å²) in [6.07, 6.45) is 7.47. The summed E-state index contributed by atoms with van der Waals surface area (Å²) < 4.78 is 0. The molecule has 1 aliphatic rings. The predicted octanol–water partition coefficient (Wildman–Crippen LogP) is 5.65. The van der Waals surface area contributed by atoms with Gasteiger partial charge in [-0.25, -0.2) is 11.6 Å². The van der Waals surface area contributed by atoms with Gasteiger partial charge >= 0.3 is 26.2 Å². The summed E-state index contributed by atoms with van der Waals surface area (Å²) in [7, 11) is 0. The second-order valence-electron chi connectivity index (χ2n) is 5.29. The van der Waals surface area contributed by atoms with Crippen molar-refractivity contribution < 1.29 is 26.2 Å². The van der Waals surface area contributed by atoms with E-state index in [1.54, 1.807) is 0 Å². The van der Waals surface area contributed by atoms with Crippen LogP contribution < -0.4 is 0 Å². The molecule has 3 aromatic carbocycles. The van der Waals surface area contributed by atoms with Crippen LogP contribution in [0.5, 0.6) is 0 Å². The summed E-state index contributed by atoms with van der Waals surface area (Å²) in [5.74, 6) is 0.556. The second-order valence-corrected chi connectivity index (χ2v) is 5.29. The van der Waals surface area contributed by atoms with Crippen molar-refractivity contribution in [3.8, 4) is 0 Å². The molecule has 0 radical (unpaired) electrons. The summed E-state index contributed by atoms with van der Waals surface area (Å²) in [6, 6.07) is 19.3. The van der Waals surface area contributed by atoms with Crippen LogP contribution in [0, 0.1) is 12.0 Å². The Labute approximate surface area is 145 Å². The molecule has 0 bridgehead atoms. The van der Waals surface area contributed by atoms with Crippen LogP contribution in [0.4, 0.5) is 0 Å². The van der Waals surface area contributed by atoms with Crippen molar-refractivity contribution in [2.75, 3.05) is 0 Å². The number of hydrogen-bond donors (Lipinski definition) is 0.